The Bertz CT molecular complexity index is 1180. The van der Waals surface area contributed by atoms with Crippen LogP contribution in [0.3, 0.4) is 0 Å². The highest BCUT2D eigenvalue weighted by Crippen LogP contribution is 2.38. The largest absolute Gasteiger partial charge is 0.447 e. The van der Waals surface area contributed by atoms with Crippen molar-refractivity contribution in [1.29, 1.82) is 0 Å². The fraction of sp³-hybridized carbons (Fsp3) is 0.286. The number of hydrogen-bond donors (Lipinski definition) is 3. The van der Waals surface area contributed by atoms with E-state index in [9.17, 15) is 14.4 Å². The molecular weight excluding hydrogens is 394 g/mol. The Morgan fingerprint density at radius 3 is 2.45 bits per heavy atom. The first-order chi connectivity index (χ1) is 13.7. The van der Waals surface area contributed by atoms with Crippen LogP contribution in [0.5, 0.6) is 0 Å². The number of nitrogens with one attached hydrogen (secondary N) is 3. The van der Waals surface area contributed by atoms with Crippen LogP contribution in [0, 0.1) is 5.41 Å². The molecule has 0 saturated carbocycles. The summed E-state index contributed by atoms with van der Waals surface area (Å²) in [6, 6.07) is 8.31. The summed E-state index contributed by atoms with van der Waals surface area (Å²) in [7, 11) is 0. The molecule has 3 N–H and O–H groups in total. The lowest BCUT2D eigenvalue weighted by atomic mass is 9.85. The molecule has 0 aliphatic carbocycles. The van der Waals surface area contributed by atoms with Crippen LogP contribution < -0.4 is 26.8 Å². The molecule has 29 heavy (non-hydrogen) atoms. The van der Waals surface area contributed by atoms with Gasteiger partial charge in [-0.1, -0.05) is 32.9 Å². The van der Waals surface area contributed by atoms with Gasteiger partial charge in [0.25, 0.3) is 16.8 Å². The zero-order valence-corrected chi connectivity index (χ0v) is 16.9. The SMILES string of the molecule is CC(C)(C)[C@@H](Nc1c(Nc2cccc3c2C(=O)NC3)c(=O)c1=O)c1ccc(Cl)o1. The number of amides is 1. The van der Waals surface area contributed by atoms with Crippen molar-refractivity contribution in [2.75, 3.05) is 10.6 Å². The van der Waals surface area contributed by atoms with E-state index in [2.05, 4.69) is 16.0 Å². The number of fused-ring (bicyclic) bond motifs is 1. The third kappa shape index (κ3) is 3.31. The van der Waals surface area contributed by atoms with Crippen LogP contribution in [0.1, 0.15) is 48.5 Å². The summed E-state index contributed by atoms with van der Waals surface area (Å²) in [5.74, 6) is 0.343. The molecule has 8 heteroatoms. The van der Waals surface area contributed by atoms with Gasteiger partial charge in [-0.05, 0) is 40.8 Å². The van der Waals surface area contributed by atoms with Gasteiger partial charge in [-0.25, -0.2) is 0 Å². The van der Waals surface area contributed by atoms with E-state index in [0.717, 1.165) is 5.56 Å². The molecule has 0 spiro atoms. The van der Waals surface area contributed by atoms with E-state index in [1.807, 2.05) is 26.8 Å². The number of hydrogen-bond acceptors (Lipinski definition) is 6. The van der Waals surface area contributed by atoms with Crippen molar-refractivity contribution < 1.29 is 9.21 Å². The summed E-state index contributed by atoms with van der Waals surface area (Å²) in [5, 5.41) is 9.12. The average molecular weight is 414 g/mol. The first-order valence-electron chi connectivity index (χ1n) is 9.19. The summed E-state index contributed by atoms with van der Waals surface area (Å²) in [4.78, 5) is 36.7. The number of furan rings is 1. The van der Waals surface area contributed by atoms with Gasteiger partial charge in [0, 0.05) is 6.54 Å². The van der Waals surface area contributed by atoms with Crippen molar-refractivity contribution in [2.24, 2.45) is 5.41 Å². The highest BCUT2D eigenvalue weighted by atomic mass is 35.5. The van der Waals surface area contributed by atoms with Crippen LogP contribution in [0.4, 0.5) is 17.1 Å². The maximum absolute atomic E-state index is 12.3. The summed E-state index contributed by atoms with van der Waals surface area (Å²) in [6.07, 6.45) is 0. The van der Waals surface area contributed by atoms with E-state index in [1.165, 1.54) is 0 Å². The second kappa shape index (κ2) is 6.77. The van der Waals surface area contributed by atoms with E-state index in [4.69, 9.17) is 16.0 Å². The first kappa shape index (κ1) is 19.3. The number of halogens is 1. The Morgan fingerprint density at radius 2 is 1.79 bits per heavy atom. The third-order valence-corrected chi connectivity index (χ3v) is 5.22. The van der Waals surface area contributed by atoms with Gasteiger partial charge in [0.1, 0.15) is 17.1 Å². The van der Waals surface area contributed by atoms with Gasteiger partial charge < -0.3 is 20.4 Å². The van der Waals surface area contributed by atoms with Gasteiger partial charge in [-0.2, -0.15) is 0 Å². The molecule has 7 nitrogen and oxygen atoms in total. The first-order valence-corrected chi connectivity index (χ1v) is 9.57. The van der Waals surface area contributed by atoms with Crippen molar-refractivity contribution in [3.05, 3.63) is 72.9 Å². The van der Waals surface area contributed by atoms with Gasteiger partial charge in [-0.3, -0.25) is 14.4 Å². The monoisotopic (exact) mass is 413 g/mol. The highest BCUT2D eigenvalue weighted by molar-refractivity contribution is 6.28. The maximum atomic E-state index is 12.3. The van der Waals surface area contributed by atoms with Gasteiger partial charge in [0.2, 0.25) is 0 Å². The topological polar surface area (TPSA) is 100 Å². The average Bonchev–Trinajstić information content (AvgIpc) is 3.26. The Morgan fingerprint density at radius 1 is 1.07 bits per heavy atom. The lowest BCUT2D eigenvalue weighted by Crippen LogP contribution is -2.39. The lowest BCUT2D eigenvalue weighted by Gasteiger charge is -2.31. The standard InChI is InChI=1S/C21H20ClN3O4/c1-21(2,3)19(12-7-8-13(22)29-12)25-16-15(17(26)18(16)27)24-11-6-4-5-10-9-23-20(28)14(10)11/h4-8,19,24-25H,9H2,1-3H3,(H,23,28)/t19-/m0/s1. The molecule has 2 heterocycles. The Labute approximate surface area is 171 Å². The second-order valence-electron chi connectivity index (χ2n) is 8.14. The molecule has 150 valence electrons. The number of rotatable bonds is 5. The molecule has 3 aromatic rings. The number of carbonyl (C=O) groups is 1. The van der Waals surface area contributed by atoms with Crippen LogP contribution in [0.2, 0.25) is 5.22 Å². The maximum Gasteiger partial charge on any atom is 0.254 e. The minimum absolute atomic E-state index is 0.134. The van der Waals surface area contributed by atoms with E-state index >= 15 is 0 Å². The van der Waals surface area contributed by atoms with Crippen molar-refractivity contribution >= 4 is 34.6 Å². The van der Waals surface area contributed by atoms with Gasteiger partial charge in [-0.15, -0.1) is 0 Å². The molecule has 1 aromatic heterocycles. The number of anilines is 3. The molecule has 0 saturated heterocycles. The van der Waals surface area contributed by atoms with E-state index in [-0.39, 0.29) is 27.9 Å². The molecule has 0 radical (unpaired) electrons. The molecule has 1 atom stereocenters. The fourth-order valence-electron chi connectivity index (χ4n) is 3.51. The summed E-state index contributed by atoms with van der Waals surface area (Å²) < 4.78 is 5.54. The molecule has 0 unspecified atom stereocenters. The minimum Gasteiger partial charge on any atom is -0.447 e. The predicted molar refractivity (Wildman–Crippen MR) is 112 cm³/mol. The van der Waals surface area contributed by atoms with Crippen LogP contribution in [-0.4, -0.2) is 5.91 Å². The smallest absolute Gasteiger partial charge is 0.254 e. The van der Waals surface area contributed by atoms with Crippen LogP contribution in [0.15, 0.2) is 44.3 Å². The number of carbonyl (C=O) groups excluding carboxylic acids is 1. The van der Waals surface area contributed by atoms with Gasteiger partial charge in [0.15, 0.2) is 5.22 Å². The quantitative estimate of drug-likeness (QED) is 0.551. The molecule has 1 aliphatic heterocycles. The summed E-state index contributed by atoms with van der Waals surface area (Å²) in [5.41, 5.74) is 0.522. The van der Waals surface area contributed by atoms with Crippen molar-refractivity contribution in [3.8, 4) is 0 Å². The van der Waals surface area contributed by atoms with Gasteiger partial charge >= 0.3 is 0 Å². The molecule has 4 rings (SSSR count). The minimum atomic E-state index is -0.631. The molecule has 1 aliphatic rings. The van der Waals surface area contributed by atoms with Crippen LogP contribution >= 0.6 is 11.6 Å². The van der Waals surface area contributed by atoms with Crippen molar-refractivity contribution in [1.82, 2.24) is 5.32 Å². The van der Waals surface area contributed by atoms with Crippen molar-refractivity contribution in [2.45, 2.75) is 33.4 Å². The zero-order valence-electron chi connectivity index (χ0n) is 16.2. The van der Waals surface area contributed by atoms with Crippen LogP contribution in [-0.2, 0) is 6.54 Å². The van der Waals surface area contributed by atoms with E-state index < -0.39 is 16.9 Å². The summed E-state index contributed by atoms with van der Waals surface area (Å²) in [6.45, 7) is 6.38. The van der Waals surface area contributed by atoms with Gasteiger partial charge in [0.05, 0.1) is 17.3 Å². The second-order valence-corrected chi connectivity index (χ2v) is 8.51. The normalized spacial score (nSPS) is 14.6. The summed E-state index contributed by atoms with van der Waals surface area (Å²) >= 11 is 5.92. The third-order valence-electron chi connectivity index (χ3n) is 5.02. The Balaban J connectivity index is 1.69. The molecule has 0 fully saturated rings. The Kier molecular flexibility index (Phi) is 4.50. The van der Waals surface area contributed by atoms with Crippen LogP contribution in [0.25, 0.3) is 0 Å². The molecule has 1 amide bonds. The highest BCUT2D eigenvalue weighted by Gasteiger charge is 2.33. The molecule has 0 bridgehead atoms. The lowest BCUT2D eigenvalue weighted by molar-refractivity contribution is 0.0966. The van der Waals surface area contributed by atoms with E-state index in [1.54, 1.807) is 24.3 Å². The number of benzene rings is 1. The zero-order chi connectivity index (χ0) is 20.9. The fourth-order valence-corrected chi connectivity index (χ4v) is 3.66. The van der Waals surface area contributed by atoms with E-state index in [0.29, 0.717) is 23.6 Å². The predicted octanol–water partition coefficient (Wildman–Crippen LogP) is 3.72. The molecular formula is C21H20ClN3O4. The Hall–Kier alpha value is -3.06. The molecule has 2 aromatic carbocycles. The van der Waals surface area contributed by atoms with Crippen molar-refractivity contribution in [3.63, 3.8) is 0 Å².